The molecule has 3 aromatic carbocycles. The Morgan fingerprint density at radius 1 is 0.914 bits per heavy atom. The van der Waals surface area contributed by atoms with E-state index in [4.69, 9.17) is 4.74 Å². The van der Waals surface area contributed by atoms with E-state index < -0.39 is 17.7 Å². The second-order valence-corrected chi connectivity index (χ2v) is 9.00. The first-order chi connectivity index (χ1) is 16.9. The fourth-order valence-corrected chi connectivity index (χ4v) is 4.44. The van der Waals surface area contributed by atoms with Crippen molar-refractivity contribution in [2.24, 2.45) is 0 Å². The van der Waals surface area contributed by atoms with Crippen LogP contribution < -0.4 is 9.64 Å². The molecule has 3 aromatic rings. The molecular weight excluding hydrogens is 438 g/mol. The van der Waals surface area contributed by atoms with Gasteiger partial charge in [0.25, 0.3) is 11.7 Å². The van der Waals surface area contributed by atoms with E-state index in [1.54, 1.807) is 24.3 Å². The van der Waals surface area contributed by atoms with E-state index in [-0.39, 0.29) is 11.3 Å². The average molecular weight is 470 g/mol. The monoisotopic (exact) mass is 469 g/mol. The van der Waals surface area contributed by atoms with Gasteiger partial charge in [-0.05, 0) is 67.8 Å². The number of hydrogen-bond donors (Lipinski definition) is 1. The molecule has 35 heavy (non-hydrogen) atoms. The molecule has 1 amide bonds. The van der Waals surface area contributed by atoms with Gasteiger partial charge in [0.2, 0.25) is 0 Å². The molecule has 1 aliphatic heterocycles. The Bertz CT molecular complexity index is 1260. The van der Waals surface area contributed by atoms with E-state index in [1.807, 2.05) is 62.4 Å². The molecule has 1 unspecified atom stereocenters. The number of nitrogens with zero attached hydrogens (tertiary/aromatic N) is 1. The van der Waals surface area contributed by atoms with Crippen molar-refractivity contribution in [3.8, 4) is 5.75 Å². The summed E-state index contributed by atoms with van der Waals surface area (Å²) in [7, 11) is 0. The van der Waals surface area contributed by atoms with Crippen molar-refractivity contribution >= 4 is 23.1 Å². The molecule has 5 heteroatoms. The van der Waals surface area contributed by atoms with Gasteiger partial charge in [0.05, 0.1) is 18.2 Å². The Hall–Kier alpha value is -3.86. The average Bonchev–Trinajstić information content (AvgIpc) is 3.12. The van der Waals surface area contributed by atoms with Crippen LogP contribution >= 0.6 is 0 Å². The van der Waals surface area contributed by atoms with Crippen LogP contribution in [0, 0.1) is 13.8 Å². The molecule has 1 aliphatic rings. The number of rotatable bonds is 8. The number of amides is 1. The predicted octanol–water partition coefficient (Wildman–Crippen LogP) is 6.50. The van der Waals surface area contributed by atoms with E-state index in [0.717, 1.165) is 36.0 Å². The Kier molecular flexibility index (Phi) is 7.35. The van der Waals surface area contributed by atoms with E-state index in [2.05, 4.69) is 6.92 Å². The normalized spacial score (nSPS) is 17.1. The predicted molar refractivity (Wildman–Crippen MR) is 139 cm³/mol. The zero-order chi connectivity index (χ0) is 24.9. The van der Waals surface area contributed by atoms with Crippen molar-refractivity contribution in [1.82, 2.24) is 0 Å². The number of aryl methyl sites for hydroxylation is 2. The highest BCUT2D eigenvalue weighted by molar-refractivity contribution is 6.51. The Labute approximate surface area is 206 Å². The summed E-state index contributed by atoms with van der Waals surface area (Å²) in [6.07, 6.45) is 3.22. The number of benzene rings is 3. The van der Waals surface area contributed by atoms with Crippen LogP contribution in [0.25, 0.3) is 5.76 Å². The fraction of sp³-hybridized carbons (Fsp3) is 0.267. The van der Waals surface area contributed by atoms with Gasteiger partial charge in [-0.15, -0.1) is 0 Å². The Balaban J connectivity index is 1.76. The van der Waals surface area contributed by atoms with E-state index >= 15 is 0 Å². The van der Waals surface area contributed by atoms with Gasteiger partial charge in [-0.3, -0.25) is 14.5 Å². The SMILES string of the molecule is CCCCCOc1ccc(/C(O)=C2\C(=O)C(=O)N(c3cccc(C)c3)C2c2cccc(C)c2)cc1. The lowest BCUT2D eigenvalue weighted by atomic mass is 9.94. The summed E-state index contributed by atoms with van der Waals surface area (Å²) in [5.41, 5.74) is 3.91. The summed E-state index contributed by atoms with van der Waals surface area (Å²) in [6, 6.07) is 21.4. The first-order valence-electron chi connectivity index (χ1n) is 12.1. The van der Waals surface area contributed by atoms with Gasteiger partial charge < -0.3 is 9.84 Å². The number of anilines is 1. The largest absolute Gasteiger partial charge is 0.507 e. The molecule has 0 spiro atoms. The number of unbranched alkanes of at least 4 members (excludes halogenated alkanes) is 2. The maximum Gasteiger partial charge on any atom is 0.300 e. The maximum atomic E-state index is 13.3. The number of Topliss-reactive ketones (excluding diaryl/α,β-unsaturated/α-hetero) is 1. The summed E-state index contributed by atoms with van der Waals surface area (Å²) in [6.45, 7) is 6.67. The molecule has 180 valence electrons. The smallest absolute Gasteiger partial charge is 0.300 e. The molecule has 0 bridgehead atoms. The quantitative estimate of drug-likeness (QED) is 0.177. The standard InChI is InChI=1S/C30H31NO4/c1-4-5-6-17-35-25-15-13-22(14-16-25)28(32)26-27(23-11-7-9-20(2)18-23)31(30(34)29(26)33)24-12-8-10-21(3)19-24/h7-16,18-19,27,32H,4-6,17H2,1-3H3/b28-26+. The van der Waals surface area contributed by atoms with Crippen molar-refractivity contribution in [3.05, 3.63) is 101 Å². The highest BCUT2D eigenvalue weighted by Gasteiger charge is 2.47. The lowest BCUT2D eigenvalue weighted by Crippen LogP contribution is -2.29. The van der Waals surface area contributed by atoms with E-state index in [1.165, 1.54) is 4.90 Å². The molecule has 0 aromatic heterocycles. The van der Waals surface area contributed by atoms with Gasteiger partial charge >= 0.3 is 0 Å². The third kappa shape index (κ3) is 5.14. The zero-order valence-electron chi connectivity index (χ0n) is 20.5. The van der Waals surface area contributed by atoms with Crippen LogP contribution in [0.15, 0.2) is 78.4 Å². The number of aliphatic hydroxyl groups is 1. The summed E-state index contributed by atoms with van der Waals surface area (Å²) in [5.74, 6) is -0.842. The van der Waals surface area contributed by atoms with Crippen LogP contribution in [0.1, 0.15) is 54.5 Å². The minimum Gasteiger partial charge on any atom is -0.507 e. The van der Waals surface area contributed by atoms with E-state index in [9.17, 15) is 14.7 Å². The van der Waals surface area contributed by atoms with Crippen molar-refractivity contribution < 1.29 is 19.4 Å². The first-order valence-corrected chi connectivity index (χ1v) is 12.1. The second-order valence-electron chi connectivity index (χ2n) is 9.00. The topological polar surface area (TPSA) is 66.8 Å². The number of carbonyl (C=O) groups excluding carboxylic acids is 2. The molecule has 0 saturated carbocycles. The number of aliphatic hydroxyl groups excluding tert-OH is 1. The Morgan fingerprint density at radius 2 is 1.60 bits per heavy atom. The highest BCUT2D eigenvalue weighted by Crippen LogP contribution is 2.42. The van der Waals surface area contributed by atoms with Gasteiger partial charge in [0, 0.05) is 11.3 Å². The van der Waals surface area contributed by atoms with Crippen molar-refractivity contribution in [1.29, 1.82) is 0 Å². The number of ketones is 1. The minimum absolute atomic E-state index is 0.0821. The minimum atomic E-state index is -0.735. The van der Waals surface area contributed by atoms with Crippen molar-refractivity contribution in [3.63, 3.8) is 0 Å². The molecule has 5 nitrogen and oxygen atoms in total. The molecular formula is C30H31NO4. The third-order valence-electron chi connectivity index (χ3n) is 6.23. The molecule has 1 saturated heterocycles. The lowest BCUT2D eigenvalue weighted by Gasteiger charge is -2.26. The summed E-state index contributed by atoms with van der Waals surface area (Å²) >= 11 is 0. The lowest BCUT2D eigenvalue weighted by molar-refractivity contribution is -0.132. The molecule has 0 radical (unpaired) electrons. The number of carbonyl (C=O) groups is 2. The van der Waals surface area contributed by atoms with E-state index in [0.29, 0.717) is 23.6 Å². The van der Waals surface area contributed by atoms with Crippen LogP contribution in [0.3, 0.4) is 0 Å². The van der Waals surface area contributed by atoms with Gasteiger partial charge in [-0.25, -0.2) is 0 Å². The molecule has 1 N–H and O–H groups in total. The number of hydrogen-bond acceptors (Lipinski definition) is 4. The van der Waals surface area contributed by atoms with Crippen molar-refractivity contribution in [2.75, 3.05) is 11.5 Å². The van der Waals surface area contributed by atoms with Crippen molar-refractivity contribution in [2.45, 2.75) is 46.1 Å². The third-order valence-corrected chi connectivity index (χ3v) is 6.23. The molecule has 4 rings (SSSR count). The van der Waals surface area contributed by atoms with Crippen LogP contribution in [0.2, 0.25) is 0 Å². The maximum absolute atomic E-state index is 13.3. The second kappa shape index (κ2) is 10.6. The first kappa shape index (κ1) is 24.3. The summed E-state index contributed by atoms with van der Waals surface area (Å²) in [5, 5.41) is 11.3. The fourth-order valence-electron chi connectivity index (χ4n) is 4.44. The zero-order valence-corrected chi connectivity index (χ0v) is 20.5. The number of ether oxygens (including phenoxy) is 1. The van der Waals surface area contributed by atoms with Gasteiger partial charge in [0.15, 0.2) is 0 Å². The van der Waals surface area contributed by atoms with Gasteiger partial charge in [-0.2, -0.15) is 0 Å². The molecule has 1 fully saturated rings. The van der Waals surface area contributed by atoms with Crippen LogP contribution in [-0.2, 0) is 9.59 Å². The van der Waals surface area contributed by atoms with Gasteiger partial charge in [0.1, 0.15) is 11.5 Å². The summed E-state index contributed by atoms with van der Waals surface area (Å²) < 4.78 is 5.77. The van der Waals surface area contributed by atoms with Crippen LogP contribution in [0.5, 0.6) is 5.75 Å². The van der Waals surface area contributed by atoms with Gasteiger partial charge in [-0.1, -0.05) is 61.7 Å². The highest BCUT2D eigenvalue weighted by atomic mass is 16.5. The van der Waals surface area contributed by atoms with Crippen LogP contribution in [-0.4, -0.2) is 23.4 Å². The van der Waals surface area contributed by atoms with Crippen LogP contribution in [0.4, 0.5) is 5.69 Å². The Morgan fingerprint density at radius 3 is 2.26 bits per heavy atom. The summed E-state index contributed by atoms with van der Waals surface area (Å²) in [4.78, 5) is 28.0. The molecule has 0 aliphatic carbocycles. The molecule has 1 atom stereocenters. The molecule has 1 heterocycles.